The number of aryl methyl sites for hydroxylation is 1. The molecule has 0 aliphatic heterocycles. The first-order valence-electron chi connectivity index (χ1n) is 8.11. The van der Waals surface area contributed by atoms with Crippen LogP contribution < -0.4 is 0 Å². The summed E-state index contributed by atoms with van der Waals surface area (Å²) in [5.74, 6) is 0. The molecule has 1 nitrogen and oxygen atoms in total. The first-order valence-corrected chi connectivity index (χ1v) is 8.49. The van der Waals surface area contributed by atoms with Gasteiger partial charge in [-0.2, -0.15) is 0 Å². The molecule has 0 unspecified atom stereocenters. The summed E-state index contributed by atoms with van der Waals surface area (Å²) < 4.78 is 2.41. The molecule has 0 amide bonds. The highest BCUT2D eigenvalue weighted by atomic mass is 35.5. The molecule has 24 heavy (non-hydrogen) atoms. The molecule has 0 aliphatic carbocycles. The van der Waals surface area contributed by atoms with Gasteiger partial charge in [0.25, 0.3) is 0 Å². The van der Waals surface area contributed by atoms with E-state index in [1.54, 1.807) is 0 Å². The molecule has 1 heterocycles. The lowest BCUT2D eigenvalue weighted by atomic mass is 10.1. The zero-order valence-electron chi connectivity index (χ0n) is 13.5. The third-order valence-electron chi connectivity index (χ3n) is 4.45. The number of nitrogens with zero attached hydrogens (tertiary/aromatic N) is 1. The Morgan fingerprint density at radius 3 is 2.33 bits per heavy atom. The van der Waals surface area contributed by atoms with Crippen molar-refractivity contribution in [1.29, 1.82) is 0 Å². The summed E-state index contributed by atoms with van der Waals surface area (Å²) in [4.78, 5) is 0. The quantitative estimate of drug-likeness (QED) is 0.414. The van der Waals surface area contributed by atoms with E-state index < -0.39 is 0 Å². The van der Waals surface area contributed by atoms with Gasteiger partial charge in [0.2, 0.25) is 0 Å². The van der Waals surface area contributed by atoms with Crippen molar-refractivity contribution in [3.05, 3.63) is 95.0 Å². The van der Waals surface area contributed by atoms with E-state index in [0.29, 0.717) is 0 Å². The number of aromatic nitrogens is 1. The third-order valence-corrected chi connectivity index (χ3v) is 4.70. The summed E-state index contributed by atoms with van der Waals surface area (Å²) in [5.41, 5.74) is 6.30. The second-order valence-electron chi connectivity index (χ2n) is 6.12. The first-order chi connectivity index (χ1) is 11.7. The predicted molar refractivity (Wildman–Crippen MR) is 103 cm³/mol. The molecule has 0 N–H and O–H groups in total. The predicted octanol–water partition coefficient (Wildman–Crippen LogP) is 6.32. The van der Waals surface area contributed by atoms with Gasteiger partial charge in [0.15, 0.2) is 0 Å². The van der Waals surface area contributed by atoms with Gasteiger partial charge < -0.3 is 4.57 Å². The van der Waals surface area contributed by atoms with Gasteiger partial charge in [0, 0.05) is 22.6 Å². The average molecular weight is 332 g/mol. The maximum Gasteiger partial charge on any atom is 0.0518 e. The molecule has 0 saturated heterocycles. The van der Waals surface area contributed by atoms with Crippen LogP contribution >= 0.6 is 11.6 Å². The van der Waals surface area contributed by atoms with Crippen molar-refractivity contribution in [1.82, 2.24) is 4.57 Å². The van der Waals surface area contributed by atoms with Crippen LogP contribution in [0.3, 0.4) is 0 Å². The van der Waals surface area contributed by atoms with E-state index >= 15 is 0 Å². The summed E-state index contributed by atoms with van der Waals surface area (Å²) in [5, 5.41) is 2.04. The second kappa shape index (κ2) is 6.18. The smallest absolute Gasteiger partial charge is 0.0518 e. The van der Waals surface area contributed by atoms with E-state index in [1.165, 1.54) is 33.3 Å². The number of para-hydroxylation sites is 1. The lowest BCUT2D eigenvalue weighted by molar-refractivity contribution is 0.842. The fourth-order valence-corrected chi connectivity index (χ4v) is 3.43. The van der Waals surface area contributed by atoms with Gasteiger partial charge in [0.1, 0.15) is 0 Å². The zero-order chi connectivity index (χ0) is 16.5. The lowest BCUT2D eigenvalue weighted by Crippen LogP contribution is -2.02. The molecule has 2 heteroatoms. The fourth-order valence-electron chi connectivity index (χ4n) is 3.30. The van der Waals surface area contributed by atoms with Crippen molar-refractivity contribution < 1.29 is 0 Å². The fraction of sp³-hybridized carbons (Fsp3) is 0.0909. The number of hydrogen-bond acceptors (Lipinski definition) is 0. The third kappa shape index (κ3) is 2.72. The summed E-state index contributed by atoms with van der Waals surface area (Å²) in [7, 11) is 0. The second-order valence-corrected chi connectivity index (χ2v) is 6.56. The summed E-state index contributed by atoms with van der Waals surface area (Å²) >= 11 is 6.07. The Morgan fingerprint density at radius 1 is 0.833 bits per heavy atom. The Kier molecular flexibility index (Phi) is 3.87. The van der Waals surface area contributed by atoms with Crippen molar-refractivity contribution in [2.75, 3.05) is 0 Å². The van der Waals surface area contributed by atoms with Crippen LogP contribution in [0.4, 0.5) is 0 Å². The van der Waals surface area contributed by atoms with Crippen molar-refractivity contribution in [3.63, 3.8) is 0 Å². The van der Waals surface area contributed by atoms with Crippen LogP contribution in [0.5, 0.6) is 0 Å². The van der Waals surface area contributed by atoms with Gasteiger partial charge >= 0.3 is 0 Å². The molecule has 0 fully saturated rings. The van der Waals surface area contributed by atoms with Crippen LogP contribution in [0.2, 0.25) is 5.02 Å². The number of benzene rings is 3. The van der Waals surface area contributed by atoms with Crippen molar-refractivity contribution >= 4 is 22.5 Å². The molecule has 3 aromatic carbocycles. The molecule has 0 saturated carbocycles. The molecule has 0 radical (unpaired) electrons. The molecule has 0 atom stereocenters. The minimum absolute atomic E-state index is 0.764. The van der Waals surface area contributed by atoms with E-state index in [-0.39, 0.29) is 0 Å². The highest BCUT2D eigenvalue weighted by Gasteiger charge is 2.12. The maximum atomic E-state index is 6.07. The summed E-state index contributed by atoms with van der Waals surface area (Å²) in [6, 6.07) is 27.4. The van der Waals surface area contributed by atoms with Crippen LogP contribution in [0.15, 0.2) is 78.9 Å². The maximum absolute atomic E-state index is 6.07. The molecule has 0 bridgehead atoms. The molecule has 1 aromatic heterocycles. The zero-order valence-corrected chi connectivity index (χ0v) is 14.3. The summed E-state index contributed by atoms with van der Waals surface area (Å²) in [6.45, 7) is 3.03. The molecule has 4 aromatic rings. The standard InChI is InChI=1S/C22H18ClN/c1-16-6-5-9-19-14-21(18-10-12-20(23)13-11-18)24(22(16)19)15-17-7-3-2-4-8-17/h2-14H,15H2,1H3. The van der Waals surface area contributed by atoms with E-state index in [9.17, 15) is 0 Å². The minimum Gasteiger partial charge on any atom is -0.336 e. The van der Waals surface area contributed by atoms with E-state index in [4.69, 9.17) is 11.6 Å². The van der Waals surface area contributed by atoms with Gasteiger partial charge in [0.05, 0.1) is 5.52 Å². The number of hydrogen-bond donors (Lipinski definition) is 0. The molecule has 0 spiro atoms. The Labute approximate surface area is 147 Å². The van der Waals surface area contributed by atoms with Crippen LogP contribution in [0.1, 0.15) is 11.1 Å². The molecular weight excluding hydrogens is 314 g/mol. The highest BCUT2D eigenvalue weighted by Crippen LogP contribution is 2.31. The molecular formula is C22H18ClN. The monoisotopic (exact) mass is 331 g/mol. The van der Waals surface area contributed by atoms with Crippen LogP contribution in [0, 0.1) is 6.92 Å². The summed E-state index contributed by atoms with van der Waals surface area (Å²) in [6.07, 6.45) is 0. The Bertz CT molecular complexity index is 982. The van der Waals surface area contributed by atoms with Crippen molar-refractivity contribution in [3.8, 4) is 11.3 Å². The van der Waals surface area contributed by atoms with Crippen LogP contribution in [0.25, 0.3) is 22.2 Å². The Morgan fingerprint density at radius 2 is 1.58 bits per heavy atom. The van der Waals surface area contributed by atoms with Gasteiger partial charge in [-0.3, -0.25) is 0 Å². The SMILES string of the molecule is Cc1cccc2cc(-c3ccc(Cl)cc3)n(Cc3ccccc3)c12. The van der Waals surface area contributed by atoms with E-state index in [2.05, 4.69) is 78.2 Å². The lowest BCUT2D eigenvalue weighted by Gasteiger charge is -2.13. The van der Waals surface area contributed by atoms with E-state index in [0.717, 1.165) is 11.6 Å². The average Bonchev–Trinajstić information content (AvgIpc) is 2.96. The number of rotatable bonds is 3. The van der Waals surface area contributed by atoms with Gasteiger partial charge in [-0.15, -0.1) is 0 Å². The van der Waals surface area contributed by atoms with Crippen LogP contribution in [-0.2, 0) is 6.54 Å². The normalized spacial score (nSPS) is 11.1. The van der Waals surface area contributed by atoms with E-state index in [1.807, 2.05) is 12.1 Å². The molecule has 0 aliphatic rings. The Balaban J connectivity index is 1.94. The van der Waals surface area contributed by atoms with Crippen LogP contribution in [-0.4, -0.2) is 4.57 Å². The van der Waals surface area contributed by atoms with Gasteiger partial charge in [-0.05, 0) is 41.8 Å². The molecule has 4 rings (SSSR count). The number of fused-ring (bicyclic) bond motifs is 1. The highest BCUT2D eigenvalue weighted by molar-refractivity contribution is 6.30. The van der Waals surface area contributed by atoms with Gasteiger partial charge in [-0.25, -0.2) is 0 Å². The minimum atomic E-state index is 0.764. The number of halogens is 1. The van der Waals surface area contributed by atoms with Crippen molar-refractivity contribution in [2.24, 2.45) is 0 Å². The Hall–Kier alpha value is -2.51. The molecule has 118 valence electrons. The topological polar surface area (TPSA) is 4.93 Å². The van der Waals surface area contributed by atoms with Gasteiger partial charge in [-0.1, -0.05) is 72.3 Å². The largest absolute Gasteiger partial charge is 0.336 e. The first kappa shape index (κ1) is 15.0. The van der Waals surface area contributed by atoms with Crippen molar-refractivity contribution in [2.45, 2.75) is 13.5 Å².